The third kappa shape index (κ3) is 8.14. The van der Waals surface area contributed by atoms with E-state index in [1.165, 1.54) is 78.7 Å². The maximum absolute atomic E-state index is 10.4. The Balaban J connectivity index is 0.000000434. The van der Waals surface area contributed by atoms with Crippen LogP contribution in [0.15, 0.2) is 161 Å². The van der Waals surface area contributed by atoms with Gasteiger partial charge in [0.15, 0.2) is 5.71 Å². The van der Waals surface area contributed by atoms with Crippen molar-refractivity contribution in [2.75, 3.05) is 18.0 Å². The molecule has 322 valence electrons. The van der Waals surface area contributed by atoms with Crippen molar-refractivity contribution in [2.24, 2.45) is 0 Å². The number of aryl methyl sites for hydroxylation is 1. The van der Waals surface area contributed by atoms with E-state index in [0.717, 1.165) is 60.5 Å². The monoisotopic (exact) mass is 872 g/mol. The van der Waals surface area contributed by atoms with Gasteiger partial charge >= 0.3 is 0 Å². The fraction of sp³-hybridized carbons (Fsp3) is 0.268. The fourth-order valence-electron chi connectivity index (χ4n) is 9.87. The molecule has 0 atom stereocenters. The third-order valence-corrected chi connectivity index (χ3v) is 14.3. The molecule has 3 aliphatic rings. The van der Waals surface area contributed by atoms with Gasteiger partial charge in [-0.15, -0.1) is 0 Å². The van der Waals surface area contributed by atoms with Crippen LogP contribution in [0.1, 0.15) is 95.0 Å². The van der Waals surface area contributed by atoms with Crippen molar-refractivity contribution in [3.8, 4) is 0 Å². The number of allylic oxidation sites excluding steroid dienone is 8. The van der Waals surface area contributed by atoms with Crippen molar-refractivity contribution >= 4 is 71.5 Å². The van der Waals surface area contributed by atoms with E-state index < -0.39 is 10.1 Å². The van der Waals surface area contributed by atoms with Gasteiger partial charge in [-0.1, -0.05) is 155 Å². The fourth-order valence-corrected chi connectivity index (χ4v) is 10.7. The van der Waals surface area contributed by atoms with Crippen molar-refractivity contribution in [1.29, 1.82) is 0 Å². The van der Waals surface area contributed by atoms with E-state index in [9.17, 15) is 13.0 Å². The van der Waals surface area contributed by atoms with Gasteiger partial charge in [0, 0.05) is 58.6 Å². The number of nitrogens with zero attached hydrogens (tertiary/aromatic N) is 2. The molecule has 0 aromatic heterocycles. The summed E-state index contributed by atoms with van der Waals surface area (Å²) in [5, 5.41) is 6.09. The Morgan fingerprint density at radius 2 is 1.29 bits per heavy atom. The maximum atomic E-state index is 10.4. The van der Waals surface area contributed by atoms with Crippen LogP contribution in [0.4, 0.5) is 11.4 Å². The van der Waals surface area contributed by atoms with Crippen LogP contribution in [0.5, 0.6) is 0 Å². The van der Waals surface area contributed by atoms with Crippen molar-refractivity contribution in [3.05, 3.63) is 184 Å². The van der Waals surface area contributed by atoms with Crippen LogP contribution in [0.2, 0.25) is 0 Å². The Bertz CT molecular complexity index is 3020. The molecule has 0 unspecified atom stereocenters. The van der Waals surface area contributed by atoms with E-state index in [2.05, 4.69) is 172 Å². The average molecular weight is 874 g/mol. The van der Waals surface area contributed by atoms with E-state index in [0.29, 0.717) is 0 Å². The molecule has 2 aliphatic heterocycles. The standard InChI is InChI=1S/C49H50ClN2.C7H8O3S/c1-7-9-31-51-41-27-23-33-17-11-13-19-35(33)45(41)48(3,4)43(51)29-25-39-37-21-15-16-22-38(37)40(47(39)50)26-30-44-49(5,6)46-36-20-14-12-18-34(36)24-28-42(46)52(44)32-10-8-2;1-6-2-4-7(5-3-6)11(8,9)10/h11-30H,7-10,31-32H2,1-6H3;2-5H,1H3,(H,8,9,10)/q+1;/p-1. The van der Waals surface area contributed by atoms with Crippen LogP contribution < -0.4 is 4.90 Å². The number of fused-ring (bicyclic) bond motifs is 7. The minimum atomic E-state index is -4.27. The molecule has 0 spiro atoms. The molecule has 6 aromatic carbocycles. The molecular formula is C56H57ClN2O3S. The molecule has 7 heteroatoms. The first-order valence-electron chi connectivity index (χ1n) is 22.3. The Morgan fingerprint density at radius 1 is 0.683 bits per heavy atom. The zero-order valence-electron chi connectivity index (χ0n) is 37.5. The summed E-state index contributed by atoms with van der Waals surface area (Å²) >= 11 is 7.49. The highest BCUT2D eigenvalue weighted by Crippen LogP contribution is 2.52. The molecule has 63 heavy (non-hydrogen) atoms. The largest absolute Gasteiger partial charge is 0.744 e. The molecule has 5 nitrogen and oxygen atoms in total. The second-order valence-electron chi connectivity index (χ2n) is 18.0. The minimum absolute atomic E-state index is 0.163. The number of hydrogen-bond donors (Lipinski definition) is 0. The van der Waals surface area contributed by atoms with Gasteiger partial charge in [0.05, 0.1) is 15.3 Å². The quantitative estimate of drug-likeness (QED) is 0.102. The molecule has 0 bridgehead atoms. The van der Waals surface area contributed by atoms with Crippen LogP contribution in [0, 0.1) is 6.92 Å². The van der Waals surface area contributed by atoms with Crippen LogP contribution in [0.3, 0.4) is 0 Å². The topological polar surface area (TPSA) is 63.5 Å². The average Bonchev–Trinajstić information content (AvgIpc) is 3.76. The second kappa shape index (κ2) is 17.6. The molecule has 1 aliphatic carbocycles. The van der Waals surface area contributed by atoms with E-state index in [1.54, 1.807) is 12.1 Å². The van der Waals surface area contributed by atoms with Gasteiger partial charge in [0.2, 0.25) is 5.69 Å². The minimum Gasteiger partial charge on any atom is -0.744 e. The van der Waals surface area contributed by atoms with E-state index >= 15 is 0 Å². The lowest BCUT2D eigenvalue weighted by Gasteiger charge is -2.27. The summed E-state index contributed by atoms with van der Waals surface area (Å²) in [4.78, 5) is 2.38. The highest BCUT2D eigenvalue weighted by Gasteiger charge is 2.46. The predicted molar refractivity (Wildman–Crippen MR) is 264 cm³/mol. The van der Waals surface area contributed by atoms with Gasteiger partial charge in [-0.25, -0.2) is 8.42 Å². The summed E-state index contributed by atoms with van der Waals surface area (Å²) in [6.07, 6.45) is 13.9. The maximum Gasteiger partial charge on any atom is 0.210 e. The van der Waals surface area contributed by atoms with Gasteiger partial charge in [-0.05, 0) is 102 Å². The number of anilines is 1. The smallest absolute Gasteiger partial charge is 0.210 e. The lowest BCUT2D eigenvalue weighted by molar-refractivity contribution is -0.438. The summed E-state index contributed by atoms with van der Waals surface area (Å²) in [7, 11) is -4.27. The number of halogens is 1. The molecule has 2 heterocycles. The first kappa shape index (κ1) is 44.1. The van der Waals surface area contributed by atoms with Crippen LogP contribution in [-0.2, 0) is 20.9 Å². The Hall–Kier alpha value is -5.53. The van der Waals surface area contributed by atoms with E-state index in [1.807, 2.05) is 6.92 Å². The summed E-state index contributed by atoms with van der Waals surface area (Å²) in [6.45, 7) is 17.9. The Kier molecular flexibility index (Phi) is 12.3. The summed E-state index contributed by atoms with van der Waals surface area (Å²) in [6, 6.07) is 41.4. The highest BCUT2D eigenvalue weighted by atomic mass is 35.5. The molecule has 0 saturated heterocycles. The zero-order valence-corrected chi connectivity index (χ0v) is 39.1. The van der Waals surface area contributed by atoms with Crippen LogP contribution in [0.25, 0.3) is 32.7 Å². The molecule has 0 amide bonds. The molecular weight excluding hydrogens is 816 g/mol. The van der Waals surface area contributed by atoms with E-state index in [4.69, 9.17) is 11.6 Å². The molecule has 0 radical (unpaired) electrons. The molecule has 6 aromatic rings. The van der Waals surface area contributed by atoms with Gasteiger partial charge in [0.1, 0.15) is 16.7 Å². The van der Waals surface area contributed by atoms with Crippen molar-refractivity contribution in [2.45, 2.75) is 89.9 Å². The number of benzene rings is 6. The van der Waals surface area contributed by atoms with Gasteiger partial charge in [-0.3, -0.25) is 0 Å². The Labute approximate surface area is 379 Å². The van der Waals surface area contributed by atoms with Crippen molar-refractivity contribution in [1.82, 2.24) is 0 Å². The lowest BCUT2D eigenvalue weighted by atomic mass is 9.79. The first-order valence-corrected chi connectivity index (χ1v) is 24.1. The van der Waals surface area contributed by atoms with E-state index in [-0.39, 0.29) is 15.7 Å². The highest BCUT2D eigenvalue weighted by molar-refractivity contribution is 7.85. The normalized spacial score (nSPS) is 17.6. The van der Waals surface area contributed by atoms with Gasteiger partial charge in [-0.2, -0.15) is 4.58 Å². The summed E-state index contributed by atoms with van der Waals surface area (Å²) in [5.74, 6) is 0. The lowest BCUT2D eigenvalue weighted by Crippen LogP contribution is -2.28. The summed E-state index contributed by atoms with van der Waals surface area (Å²) < 4.78 is 33.7. The molecule has 9 rings (SSSR count). The van der Waals surface area contributed by atoms with Crippen LogP contribution in [-0.4, -0.2) is 36.3 Å². The van der Waals surface area contributed by atoms with Crippen LogP contribution >= 0.6 is 11.6 Å². The SMILES string of the molecule is CCCCN1/C(=C/C=C2/C(Cl)=C(\C=C\C3=[N+](CCCC)c4ccc5ccccc5c4C3(C)C)c3ccccc32)C(C)(C)c2c1ccc1ccccc21.Cc1ccc(S(=O)(=O)[O-])cc1. The zero-order chi connectivity index (χ0) is 44.7. The summed E-state index contributed by atoms with van der Waals surface area (Å²) in [5.41, 5.74) is 13.3. The molecule has 0 saturated carbocycles. The van der Waals surface area contributed by atoms with Gasteiger partial charge in [0.25, 0.3) is 0 Å². The van der Waals surface area contributed by atoms with Crippen molar-refractivity contribution < 1.29 is 17.5 Å². The molecule has 0 fully saturated rings. The van der Waals surface area contributed by atoms with Gasteiger partial charge < -0.3 is 9.45 Å². The number of unbranched alkanes of at least 4 members (excludes halogenated alkanes) is 2. The molecule has 0 N–H and O–H groups in total. The Morgan fingerprint density at radius 3 is 1.94 bits per heavy atom. The van der Waals surface area contributed by atoms with Crippen molar-refractivity contribution in [3.63, 3.8) is 0 Å². The number of rotatable bonds is 10. The predicted octanol–water partition coefficient (Wildman–Crippen LogP) is 14.2. The third-order valence-electron chi connectivity index (χ3n) is 13.1. The second-order valence-corrected chi connectivity index (χ2v) is 19.8. The first-order chi connectivity index (χ1) is 30.2. The number of hydrogen-bond acceptors (Lipinski definition) is 4.